The van der Waals surface area contributed by atoms with Gasteiger partial charge in [0.05, 0.1) is 4.88 Å². The minimum absolute atomic E-state index is 0.0437. The molecule has 1 aromatic heterocycles. The lowest BCUT2D eigenvalue weighted by molar-refractivity contribution is -0.0719. The number of carbonyl (C=O) groups excluding carboxylic acids is 1. The molecule has 0 radical (unpaired) electrons. The zero-order chi connectivity index (χ0) is 19.1. The number of ketones is 1. The lowest BCUT2D eigenvalue weighted by atomic mass is 10.0. The van der Waals surface area contributed by atoms with Gasteiger partial charge >= 0.3 is 0 Å². The van der Waals surface area contributed by atoms with Gasteiger partial charge in [-0.2, -0.15) is 0 Å². The van der Waals surface area contributed by atoms with Crippen molar-refractivity contribution in [1.29, 1.82) is 0 Å². The van der Waals surface area contributed by atoms with E-state index in [4.69, 9.17) is 4.74 Å². The molecule has 1 aromatic carbocycles. The van der Waals surface area contributed by atoms with Crippen molar-refractivity contribution in [2.75, 3.05) is 39.3 Å². The van der Waals surface area contributed by atoms with Crippen LogP contribution in [0.5, 0.6) is 0 Å². The number of hydrogen-bond donors (Lipinski definition) is 0. The van der Waals surface area contributed by atoms with Crippen molar-refractivity contribution in [1.82, 2.24) is 9.80 Å². The van der Waals surface area contributed by atoms with Crippen molar-refractivity contribution in [2.24, 2.45) is 5.92 Å². The molecule has 1 fully saturated rings. The molecule has 4 nitrogen and oxygen atoms in total. The van der Waals surface area contributed by atoms with Crippen LogP contribution in [-0.4, -0.2) is 61.1 Å². The molecule has 0 saturated carbocycles. The van der Waals surface area contributed by atoms with E-state index in [-0.39, 0.29) is 17.9 Å². The minimum Gasteiger partial charge on any atom is -0.363 e. The van der Waals surface area contributed by atoms with Crippen LogP contribution in [0.1, 0.15) is 29.1 Å². The molecule has 0 spiro atoms. The van der Waals surface area contributed by atoms with E-state index in [1.165, 1.54) is 16.9 Å². The van der Waals surface area contributed by atoms with Crippen LogP contribution < -0.4 is 0 Å². The molecule has 3 rings (SSSR count). The van der Waals surface area contributed by atoms with Crippen molar-refractivity contribution in [3.8, 4) is 0 Å². The van der Waals surface area contributed by atoms with Gasteiger partial charge in [0.15, 0.2) is 5.78 Å². The average Bonchev–Trinajstić information content (AvgIpc) is 3.23. The van der Waals surface area contributed by atoms with Gasteiger partial charge in [-0.25, -0.2) is 0 Å². The second-order valence-corrected chi connectivity index (χ2v) is 8.13. The summed E-state index contributed by atoms with van der Waals surface area (Å²) in [5, 5.41) is 1.97. The molecule has 0 N–H and O–H groups in total. The molecule has 0 aliphatic carbocycles. The normalized spacial score (nSPS) is 18.3. The third kappa shape index (κ3) is 5.72. The number of nitrogens with zero attached hydrogens (tertiary/aromatic N) is 2. The van der Waals surface area contributed by atoms with E-state index in [9.17, 15) is 4.79 Å². The molecule has 2 atom stereocenters. The first-order chi connectivity index (χ1) is 13.2. The number of thiophene rings is 1. The van der Waals surface area contributed by atoms with Gasteiger partial charge < -0.3 is 9.64 Å². The molecular formula is C22H30N2O2S. The van der Waals surface area contributed by atoms with Crippen LogP contribution in [0.3, 0.4) is 0 Å². The van der Waals surface area contributed by atoms with Crippen LogP contribution in [0.4, 0.5) is 0 Å². The lowest BCUT2D eigenvalue weighted by Gasteiger charge is -2.39. The fourth-order valence-electron chi connectivity index (χ4n) is 3.67. The smallest absolute Gasteiger partial charge is 0.176 e. The van der Waals surface area contributed by atoms with Crippen molar-refractivity contribution in [3.05, 3.63) is 58.3 Å². The molecule has 1 aliphatic heterocycles. The summed E-state index contributed by atoms with van der Waals surface area (Å²) >= 11 is 1.54. The predicted molar refractivity (Wildman–Crippen MR) is 111 cm³/mol. The van der Waals surface area contributed by atoms with Crippen LogP contribution in [0, 0.1) is 5.92 Å². The number of Topliss-reactive ketones (excluding diaryl/α,β-unsaturated/α-hetero) is 1. The summed E-state index contributed by atoms with van der Waals surface area (Å²) in [6.45, 7) is 9.61. The maximum Gasteiger partial charge on any atom is 0.176 e. The van der Waals surface area contributed by atoms with E-state index < -0.39 is 0 Å². The molecule has 2 heterocycles. The van der Waals surface area contributed by atoms with E-state index >= 15 is 0 Å². The van der Waals surface area contributed by atoms with Gasteiger partial charge in [-0.15, -0.1) is 11.3 Å². The number of piperazine rings is 1. The van der Waals surface area contributed by atoms with Crippen molar-refractivity contribution >= 4 is 17.1 Å². The number of benzene rings is 1. The Kier molecular flexibility index (Phi) is 7.59. The molecule has 5 heteroatoms. The highest BCUT2D eigenvalue weighted by Gasteiger charge is 2.26. The average molecular weight is 387 g/mol. The summed E-state index contributed by atoms with van der Waals surface area (Å²) in [5.74, 6) is 0.311. The number of ether oxygens (including phenoxy) is 1. The van der Waals surface area contributed by atoms with Crippen LogP contribution in [0.15, 0.2) is 47.8 Å². The highest BCUT2D eigenvalue weighted by atomic mass is 32.1. The first-order valence-electron chi connectivity index (χ1n) is 9.87. The van der Waals surface area contributed by atoms with Crippen molar-refractivity contribution in [2.45, 2.75) is 26.5 Å². The molecule has 0 bridgehead atoms. The van der Waals surface area contributed by atoms with Gasteiger partial charge in [-0.3, -0.25) is 9.69 Å². The molecule has 2 unspecified atom stereocenters. The second kappa shape index (κ2) is 10.1. The highest BCUT2D eigenvalue weighted by Crippen LogP contribution is 2.18. The van der Waals surface area contributed by atoms with Crippen molar-refractivity contribution in [3.63, 3.8) is 0 Å². The quantitative estimate of drug-likeness (QED) is 0.614. The predicted octanol–water partition coefficient (Wildman–Crippen LogP) is 3.79. The molecule has 2 aromatic rings. The van der Waals surface area contributed by atoms with Crippen LogP contribution in [-0.2, 0) is 11.2 Å². The monoisotopic (exact) mass is 386 g/mol. The summed E-state index contributed by atoms with van der Waals surface area (Å²) in [6.07, 6.45) is 1.05. The van der Waals surface area contributed by atoms with Gasteiger partial charge in [0.1, 0.15) is 6.23 Å². The van der Waals surface area contributed by atoms with Gasteiger partial charge in [0, 0.05) is 51.7 Å². The number of rotatable bonds is 9. The third-order valence-corrected chi connectivity index (χ3v) is 6.05. The van der Waals surface area contributed by atoms with Crippen molar-refractivity contribution < 1.29 is 9.53 Å². The SMILES string of the molecule is CCOC(Cc1ccccc1)N1CCN(CC(C)C(=O)c2cccs2)CC1. The number of hydrogen-bond acceptors (Lipinski definition) is 5. The Balaban J connectivity index is 1.50. The summed E-state index contributed by atoms with van der Waals surface area (Å²) in [5.41, 5.74) is 1.31. The second-order valence-electron chi connectivity index (χ2n) is 7.18. The molecule has 1 saturated heterocycles. The maximum atomic E-state index is 12.5. The molecule has 0 amide bonds. The Bertz CT molecular complexity index is 682. The van der Waals surface area contributed by atoms with Gasteiger partial charge in [-0.05, 0) is 23.9 Å². The molecule has 1 aliphatic rings. The van der Waals surface area contributed by atoms with Crippen LogP contribution in [0.25, 0.3) is 0 Å². The van der Waals surface area contributed by atoms with Crippen LogP contribution in [0.2, 0.25) is 0 Å². The zero-order valence-electron chi connectivity index (χ0n) is 16.3. The van der Waals surface area contributed by atoms with E-state index in [1.54, 1.807) is 0 Å². The van der Waals surface area contributed by atoms with E-state index in [2.05, 4.69) is 47.1 Å². The first kappa shape index (κ1) is 20.2. The first-order valence-corrected chi connectivity index (χ1v) is 10.7. The largest absolute Gasteiger partial charge is 0.363 e. The Labute approximate surface area is 166 Å². The summed E-state index contributed by atoms with van der Waals surface area (Å²) in [6, 6.07) is 14.4. The summed E-state index contributed by atoms with van der Waals surface area (Å²) in [4.78, 5) is 18.2. The standard InChI is InChI=1S/C22H30N2O2S/c1-3-26-21(16-19-8-5-4-6-9-19)24-13-11-23(12-14-24)17-18(2)22(25)20-10-7-15-27-20/h4-10,15,18,21H,3,11-14,16-17H2,1-2H3. The topological polar surface area (TPSA) is 32.8 Å². The van der Waals surface area contributed by atoms with E-state index in [1.807, 2.05) is 24.4 Å². The van der Waals surface area contributed by atoms with Gasteiger partial charge in [0.25, 0.3) is 0 Å². The Morgan fingerprint density at radius 2 is 1.85 bits per heavy atom. The molecule has 146 valence electrons. The van der Waals surface area contributed by atoms with Gasteiger partial charge in [-0.1, -0.05) is 43.3 Å². The minimum atomic E-state index is 0.0437. The van der Waals surface area contributed by atoms with E-state index in [0.717, 1.165) is 50.6 Å². The summed E-state index contributed by atoms with van der Waals surface area (Å²) in [7, 11) is 0. The Hall–Kier alpha value is -1.53. The zero-order valence-corrected chi connectivity index (χ0v) is 17.2. The Morgan fingerprint density at radius 1 is 1.11 bits per heavy atom. The molecular weight excluding hydrogens is 356 g/mol. The lowest BCUT2D eigenvalue weighted by Crippen LogP contribution is -2.52. The highest BCUT2D eigenvalue weighted by molar-refractivity contribution is 7.12. The number of carbonyl (C=O) groups is 1. The van der Waals surface area contributed by atoms with E-state index in [0.29, 0.717) is 0 Å². The Morgan fingerprint density at radius 3 is 2.48 bits per heavy atom. The summed E-state index contributed by atoms with van der Waals surface area (Å²) < 4.78 is 6.04. The fraction of sp³-hybridized carbons (Fsp3) is 0.500. The molecule has 27 heavy (non-hydrogen) atoms. The van der Waals surface area contributed by atoms with Gasteiger partial charge in [0.2, 0.25) is 0 Å². The third-order valence-electron chi connectivity index (χ3n) is 5.17. The fourth-order valence-corrected chi connectivity index (χ4v) is 4.45. The van der Waals surface area contributed by atoms with Crippen LogP contribution >= 0.6 is 11.3 Å². The maximum absolute atomic E-state index is 12.5.